The fourth-order valence-corrected chi connectivity index (χ4v) is 3.20. The van der Waals surface area contributed by atoms with Gasteiger partial charge in [-0.05, 0) is 39.0 Å². The zero-order chi connectivity index (χ0) is 18.4. The molecule has 0 aromatic carbocycles. The van der Waals surface area contributed by atoms with E-state index in [-0.39, 0.29) is 36.3 Å². The fourth-order valence-electron chi connectivity index (χ4n) is 2.35. The minimum atomic E-state index is -3.11. The topological polar surface area (TPSA) is 94.0 Å². The molecule has 1 atom stereocenters. The highest BCUT2D eigenvalue weighted by atomic mass is 127. The highest BCUT2D eigenvalue weighted by Gasteiger charge is 2.14. The minimum absolute atomic E-state index is 0. The number of aliphatic hydroxyl groups excluding tert-OH is 1. The highest BCUT2D eigenvalue weighted by molar-refractivity contribution is 14.0. The van der Waals surface area contributed by atoms with Crippen LogP contribution in [0.15, 0.2) is 4.99 Å². The van der Waals surface area contributed by atoms with E-state index in [1.54, 1.807) is 14.0 Å². The summed E-state index contributed by atoms with van der Waals surface area (Å²) in [5.74, 6) is 1.28. The summed E-state index contributed by atoms with van der Waals surface area (Å²) in [6.07, 6.45) is 3.64. The zero-order valence-electron chi connectivity index (χ0n) is 16.1. The summed E-state index contributed by atoms with van der Waals surface area (Å²) >= 11 is 0. The van der Waals surface area contributed by atoms with E-state index in [4.69, 9.17) is 5.11 Å². The van der Waals surface area contributed by atoms with Crippen molar-refractivity contribution >= 4 is 40.0 Å². The average Bonchev–Trinajstić information content (AvgIpc) is 2.56. The first-order valence-electron chi connectivity index (χ1n) is 8.98. The van der Waals surface area contributed by atoms with Crippen molar-refractivity contribution in [3.05, 3.63) is 0 Å². The number of guanidine groups is 1. The first-order chi connectivity index (χ1) is 11.4. The van der Waals surface area contributed by atoms with E-state index in [0.717, 1.165) is 38.2 Å². The molecular formula is C16H37IN4O3S. The maximum Gasteiger partial charge on any atom is 0.213 e. The van der Waals surface area contributed by atoms with E-state index in [1.165, 1.54) is 4.31 Å². The van der Waals surface area contributed by atoms with Crippen LogP contribution in [0.25, 0.3) is 0 Å². The molecule has 0 aliphatic rings. The lowest BCUT2D eigenvalue weighted by Gasteiger charge is -2.17. The number of rotatable bonds is 13. The molecule has 1 unspecified atom stereocenters. The van der Waals surface area contributed by atoms with Crippen molar-refractivity contribution in [2.75, 3.05) is 45.6 Å². The number of nitrogens with zero attached hydrogens (tertiary/aromatic N) is 2. The van der Waals surface area contributed by atoms with Crippen LogP contribution in [0, 0.1) is 5.92 Å². The molecular weight excluding hydrogens is 455 g/mol. The van der Waals surface area contributed by atoms with E-state index in [2.05, 4.69) is 22.5 Å². The Bertz CT molecular complexity index is 441. The molecule has 0 aromatic rings. The summed E-state index contributed by atoms with van der Waals surface area (Å²) in [7, 11) is -1.49. The van der Waals surface area contributed by atoms with Gasteiger partial charge in [0, 0.05) is 39.8 Å². The third kappa shape index (κ3) is 12.8. The Morgan fingerprint density at radius 2 is 1.88 bits per heavy atom. The molecule has 0 amide bonds. The Labute approximate surface area is 171 Å². The fraction of sp³-hybridized carbons (Fsp3) is 0.938. The number of halogens is 1. The molecule has 152 valence electrons. The molecule has 7 nitrogen and oxygen atoms in total. The van der Waals surface area contributed by atoms with Gasteiger partial charge in [-0.3, -0.25) is 4.99 Å². The van der Waals surface area contributed by atoms with Gasteiger partial charge in [-0.1, -0.05) is 13.3 Å². The molecule has 9 heteroatoms. The van der Waals surface area contributed by atoms with Crippen molar-refractivity contribution in [2.45, 2.75) is 46.5 Å². The first kappa shape index (κ1) is 27.1. The minimum Gasteiger partial charge on any atom is -0.396 e. The standard InChI is InChI=1S/C16H36N4O3S.HI/c1-5-9-15(10-13-21)14-19-16(17-6-2)18-11-8-12-20(4)24(22,23)7-3;/h15,21H,5-14H2,1-4H3,(H2,17,18,19);1H. The van der Waals surface area contributed by atoms with E-state index in [1.807, 2.05) is 6.92 Å². The summed E-state index contributed by atoms with van der Waals surface area (Å²) in [4.78, 5) is 4.58. The number of aliphatic hydroxyl groups is 1. The quantitative estimate of drug-likeness (QED) is 0.157. The van der Waals surface area contributed by atoms with Crippen molar-refractivity contribution in [2.24, 2.45) is 10.9 Å². The highest BCUT2D eigenvalue weighted by Crippen LogP contribution is 2.10. The normalized spacial score (nSPS) is 13.4. The van der Waals surface area contributed by atoms with Crippen LogP contribution in [0.4, 0.5) is 0 Å². The SMILES string of the molecule is CCCC(CCO)CN=C(NCC)NCCCN(C)S(=O)(=O)CC.I. The summed E-state index contributed by atoms with van der Waals surface area (Å²) in [6, 6.07) is 0. The number of nitrogens with one attached hydrogen (secondary N) is 2. The maximum atomic E-state index is 11.7. The van der Waals surface area contributed by atoms with Crippen molar-refractivity contribution in [1.82, 2.24) is 14.9 Å². The van der Waals surface area contributed by atoms with E-state index in [0.29, 0.717) is 25.6 Å². The number of hydrogen-bond donors (Lipinski definition) is 3. The lowest BCUT2D eigenvalue weighted by atomic mass is 10.0. The summed E-state index contributed by atoms with van der Waals surface area (Å²) in [5, 5.41) is 15.5. The van der Waals surface area contributed by atoms with Crippen LogP contribution < -0.4 is 10.6 Å². The van der Waals surface area contributed by atoms with Gasteiger partial charge in [0.2, 0.25) is 10.0 Å². The number of aliphatic imine (C=N–C) groups is 1. The molecule has 0 aliphatic carbocycles. The molecule has 0 rings (SSSR count). The van der Waals surface area contributed by atoms with Gasteiger partial charge in [-0.25, -0.2) is 12.7 Å². The third-order valence-corrected chi connectivity index (χ3v) is 5.73. The molecule has 0 bridgehead atoms. The molecule has 0 aromatic heterocycles. The first-order valence-corrected chi connectivity index (χ1v) is 10.6. The second kappa shape index (κ2) is 16.1. The molecule has 0 spiro atoms. The smallest absolute Gasteiger partial charge is 0.213 e. The van der Waals surface area contributed by atoms with Crippen LogP contribution in [-0.2, 0) is 10.0 Å². The molecule has 0 radical (unpaired) electrons. The van der Waals surface area contributed by atoms with Gasteiger partial charge in [-0.2, -0.15) is 0 Å². The average molecular weight is 492 g/mol. The molecule has 0 saturated heterocycles. The van der Waals surface area contributed by atoms with Gasteiger partial charge < -0.3 is 15.7 Å². The molecule has 0 heterocycles. The van der Waals surface area contributed by atoms with Crippen LogP contribution in [0.5, 0.6) is 0 Å². The van der Waals surface area contributed by atoms with E-state index < -0.39 is 10.0 Å². The van der Waals surface area contributed by atoms with Crippen LogP contribution in [-0.4, -0.2) is 69.4 Å². The van der Waals surface area contributed by atoms with Gasteiger partial charge in [0.15, 0.2) is 5.96 Å². The summed E-state index contributed by atoms with van der Waals surface area (Å²) in [5.41, 5.74) is 0. The largest absolute Gasteiger partial charge is 0.396 e. The molecule has 0 fully saturated rings. The molecule has 25 heavy (non-hydrogen) atoms. The predicted octanol–water partition coefficient (Wildman–Crippen LogP) is 1.63. The Balaban J connectivity index is 0. The molecule has 3 N–H and O–H groups in total. The lowest BCUT2D eigenvalue weighted by Crippen LogP contribution is -2.39. The predicted molar refractivity (Wildman–Crippen MR) is 116 cm³/mol. The van der Waals surface area contributed by atoms with Crippen molar-refractivity contribution in [1.29, 1.82) is 0 Å². The van der Waals surface area contributed by atoms with E-state index >= 15 is 0 Å². The molecule has 0 aliphatic heterocycles. The van der Waals surface area contributed by atoms with Crippen molar-refractivity contribution in [3.8, 4) is 0 Å². The van der Waals surface area contributed by atoms with Crippen LogP contribution in [0.2, 0.25) is 0 Å². The van der Waals surface area contributed by atoms with Gasteiger partial charge in [-0.15, -0.1) is 24.0 Å². The van der Waals surface area contributed by atoms with Gasteiger partial charge >= 0.3 is 0 Å². The van der Waals surface area contributed by atoms with Crippen LogP contribution >= 0.6 is 24.0 Å². The Kier molecular flexibility index (Phi) is 17.4. The Hall–Kier alpha value is -0.130. The Morgan fingerprint density at radius 3 is 2.40 bits per heavy atom. The zero-order valence-corrected chi connectivity index (χ0v) is 19.3. The molecule has 0 saturated carbocycles. The van der Waals surface area contributed by atoms with Crippen LogP contribution in [0.1, 0.15) is 46.5 Å². The monoisotopic (exact) mass is 492 g/mol. The second-order valence-electron chi connectivity index (χ2n) is 5.89. The van der Waals surface area contributed by atoms with Gasteiger partial charge in [0.1, 0.15) is 0 Å². The Morgan fingerprint density at radius 1 is 1.20 bits per heavy atom. The second-order valence-corrected chi connectivity index (χ2v) is 8.25. The maximum absolute atomic E-state index is 11.7. The third-order valence-electron chi connectivity index (χ3n) is 3.87. The van der Waals surface area contributed by atoms with Crippen LogP contribution in [0.3, 0.4) is 0 Å². The van der Waals surface area contributed by atoms with Crippen molar-refractivity contribution in [3.63, 3.8) is 0 Å². The number of sulfonamides is 1. The lowest BCUT2D eigenvalue weighted by molar-refractivity contribution is 0.253. The number of hydrogen-bond acceptors (Lipinski definition) is 4. The summed E-state index contributed by atoms with van der Waals surface area (Å²) < 4.78 is 24.8. The van der Waals surface area contributed by atoms with Gasteiger partial charge in [0.25, 0.3) is 0 Å². The summed E-state index contributed by atoms with van der Waals surface area (Å²) in [6.45, 7) is 8.61. The van der Waals surface area contributed by atoms with Crippen molar-refractivity contribution < 1.29 is 13.5 Å². The van der Waals surface area contributed by atoms with E-state index in [9.17, 15) is 8.42 Å². The van der Waals surface area contributed by atoms with Gasteiger partial charge in [0.05, 0.1) is 5.75 Å².